The van der Waals surface area contributed by atoms with Crippen LogP contribution in [-0.2, 0) is 14.3 Å². The molecule has 0 aliphatic rings. The molecule has 0 atom stereocenters. The highest BCUT2D eigenvalue weighted by Gasteiger charge is 2.19. The summed E-state index contributed by atoms with van der Waals surface area (Å²) in [5.74, 6) is -1.86. The lowest BCUT2D eigenvalue weighted by Crippen LogP contribution is -2.12. The highest BCUT2D eigenvalue weighted by atomic mass is 35.5. The minimum Gasteiger partial charge on any atom is -0.478 e. The normalized spacial score (nSPS) is 12.0. The van der Waals surface area contributed by atoms with E-state index in [1.165, 1.54) is 0 Å². The quantitative estimate of drug-likeness (QED) is 0.323. The molecule has 0 rings (SSSR count). The molecule has 0 unspecified atom stereocenters. The van der Waals surface area contributed by atoms with E-state index in [1.54, 1.807) is 0 Å². The fourth-order valence-corrected chi connectivity index (χ4v) is 2.15. The van der Waals surface area contributed by atoms with E-state index in [2.05, 4.69) is 13.8 Å². The van der Waals surface area contributed by atoms with E-state index >= 15 is 0 Å². The second-order valence-electron chi connectivity index (χ2n) is 5.10. The molecule has 0 fully saturated rings. The Hall–Kier alpha value is -1.03. The molecule has 0 bridgehead atoms. The molecule has 0 amide bonds. The minimum absolute atomic E-state index is 0.0358. The maximum absolute atomic E-state index is 11.7. The first kappa shape index (κ1) is 20.0. The molecule has 0 heterocycles. The van der Waals surface area contributed by atoms with E-state index in [0.717, 1.165) is 51.4 Å². The Bertz CT molecular complexity index is 350. The number of aliphatic carboxylic acids is 1. The molecule has 5 heteroatoms. The maximum Gasteiger partial charge on any atom is 0.350 e. The van der Waals surface area contributed by atoms with Gasteiger partial charge in [0.2, 0.25) is 0 Å². The van der Waals surface area contributed by atoms with Gasteiger partial charge in [-0.05, 0) is 19.3 Å². The number of hydrogen-bond donors (Lipinski definition) is 1. The summed E-state index contributed by atoms with van der Waals surface area (Å²) in [6.07, 6.45) is 8.05. The number of carbonyl (C=O) groups excluding carboxylic acids is 1. The molecule has 21 heavy (non-hydrogen) atoms. The zero-order valence-corrected chi connectivity index (χ0v) is 13.9. The molecule has 0 aromatic carbocycles. The van der Waals surface area contributed by atoms with Crippen molar-refractivity contribution in [1.82, 2.24) is 0 Å². The first-order valence-electron chi connectivity index (χ1n) is 7.83. The lowest BCUT2D eigenvalue weighted by atomic mass is 10.1. The van der Waals surface area contributed by atoms with Crippen LogP contribution in [0.2, 0.25) is 0 Å². The smallest absolute Gasteiger partial charge is 0.350 e. The van der Waals surface area contributed by atoms with E-state index in [-0.39, 0.29) is 17.2 Å². The fourth-order valence-electron chi connectivity index (χ4n) is 1.92. The van der Waals surface area contributed by atoms with Gasteiger partial charge in [0.05, 0.1) is 12.2 Å². The van der Waals surface area contributed by atoms with Crippen LogP contribution in [0.4, 0.5) is 0 Å². The predicted octanol–water partition coefficient (Wildman–Crippen LogP) is 4.66. The Morgan fingerprint density at radius 2 is 1.52 bits per heavy atom. The molecular formula is C16H27ClO4. The fraction of sp³-hybridized carbons (Fsp3) is 0.750. The van der Waals surface area contributed by atoms with Crippen LogP contribution >= 0.6 is 11.6 Å². The summed E-state index contributed by atoms with van der Waals surface area (Å²) in [5.41, 5.74) is -0.0358. The van der Waals surface area contributed by atoms with Gasteiger partial charge in [-0.1, -0.05) is 64.0 Å². The molecular weight excluding hydrogens is 292 g/mol. The van der Waals surface area contributed by atoms with Crippen molar-refractivity contribution in [3.05, 3.63) is 10.6 Å². The Kier molecular flexibility index (Phi) is 12.1. The molecule has 0 aromatic heterocycles. The van der Waals surface area contributed by atoms with Gasteiger partial charge >= 0.3 is 11.9 Å². The highest BCUT2D eigenvalue weighted by Crippen LogP contribution is 2.19. The average Bonchev–Trinajstić information content (AvgIpc) is 2.45. The van der Waals surface area contributed by atoms with Crippen molar-refractivity contribution in [3.8, 4) is 0 Å². The summed E-state index contributed by atoms with van der Waals surface area (Å²) < 4.78 is 5.02. The van der Waals surface area contributed by atoms with E-state index in [9.17, 15) is 9.59 Å². The highest BCUT2D eigenvalue weighted by molar-refractivity contribution is 6.43. The average molecular weight is 319 g/mol. The Morgan fingerprint density at radius 1 is 0.952 bits per heavy atom. The van der Waals surface area contributed by atoms with Gasteiger partial charge in [-0.15, -0.1) is 0 Å². The van der Waals surface area contributed by atoms with Crippen LogP contribution in [0.15, 0.2) is 10.6 Å². The number of carboxylic acid groups (broad SMARTS) is 1. The van der Waals surface area contributed by atoms with Crippen LogP contribution in [0.5, 0.6) is 0 Å². The zero-order chi connectivity index (χ0) is 16.1. The van der Waals surface area contributed by atoms with Crippen molar-refractivity contribution in [1.29, 1.82) is 0 Å². The monoisotopic (exact) mass is 318 g/mol. The van der Waals surface area contributed by atoms with Crippen molar-refractivity contribution in [3.63, 3.8) is 0 Å². The SMILES string of the molecule is CCCCCCOC(=O)C(Cl)=C(CCCCCC)C(=O)O. The summed E-state index contributed by atoms with van der Waals surface area (Å²) in [6, 6.07) is 0. The molecule has 0 aliphatic heterocycles. The zero-order valence-electron chi connectivity index (χ0n) is 13.1. The molecule has 0 radical (unpaired) electrons. The van der Waals surface area contributed by atoms with Crippen LogP contribution in [0.3, 0.4) is 0 Å². The topological polar surface area (TPSA) is 63.6 Å². The second-order valence-corrected chi connectivity index (χ2v) is 5.48. The van der Waals surface area contributed by atoms with Crippen molar-refractivity contribution >= 4 is 23.5 Å². The Balaban J connectivity index is 4.34. The summed E-state index contributed by atoms with van der Waals surface area (Å²) >= 11 is 5.87. The third kappa shape index (κ3) is 9.51. The molecule has 0 aromatic rings. The van der Waals surface area contributed by atoms with Crippen molar-refractivity contribution in [2.45, 2.75) is 71.6 Å². The van der Waals surface area contributed by atoms with E-state index < -0.39 is 11.9 Å². The number of esters is 1. The van der Waals surface area contributed by atoms with Crippen molar-refractivity contribution in [2.24, 2.45) is 0 Å². The van der Waals surface area contributed by atoms with Gasteiger partial charge in [0.25, 0.3) is 0 Å². The number of halogens is 1. The first-order chi connectivity index (χ1) is 10.0. The number of hydrogen-bond acceptors (Lipinski definition) is 3. The van der Waals surface area contributed by atoms with E-state index in [0.29, 0.717) is 6.42 Å². The third-order valence-corrected chi connectivity index (χ3v) is 3.60. The molecule has 122 valence electrons. The van der Waals surface area contributed by atoms with Gasteiger partial charge in [-0.25, -0.2) is 9.59 Å². The molecule has 4 nitrogen and oxygen atoms in total. The maximum atomic E-state index is 11.7. The summed E-state index contributed by atoms with van der Waals surface area (Å²) in [6.45, 7) is 4.47. The number of unbranched alkanes of at least 4 members (excludes halogenated alkanes) is 6. The largest absolute Gasteiger partial charge is 0.478 e. The standard InChI is InChI=1S/C16H27ClO4/c1-3-5-7-9-11-13(15(18)19)14(17)16(20)21-12-10-8-6-4-2/h3-12H2,1-2H3,(H,18,19). The summed E-state index contributed by atoms with van der Waals surface area (Å²) in [4.78, 5) is 22.9. The molecule has 0 aliphatic carbocycles. The van der Waals surface area contributed by atoms with Crippen LogP contribution in [0.1, 0.15) is 71.6 Å². The van der Waals surface area contributed by atoms with Gasteiger partial charge in [-0.3, -0.25) is 0 Å². The molecule has 0 spiro atoms. The molecule has 0 saturated carbocycles. The van der Waals surface area contributed by atoms with E-state index in [1.807, 2.05) is 0 Å². The van der Waals surface area contributed by atoms with Crippen molar-refractivity contribution in [2.75, 3.05) is 6.61 Å². The van der Waals surface area contributed by atoms with Crippen molar-refractivity contribution < 1.29 is 19.4 Å². The van der Waals surface area contributed by atoms with Crippen LogP contribution in [0, 0.1) is 0 Å². The van der Waals surface area contributed by atoms with Gasteiger partial charge in [0.15, 0.2) is 0 Å². The number of carboxylic acids is 1. The molecule has 0 saturated heterocycles. The number of ether oxygens (including phenoxy) is 1. The van der Waals surface area contributed by atoms with Crippen LogP contribution in [-0.4, -0.2) is 23.7 Å². The lowest BCUT2D eigenvalue weighted by molar-refractivity contribution is -0.139. The number of carbonyl (C=O) groups is 2. The van der Waals surface area contributed by atoms with Gasteiger partial charge in [0, 0.05) is 0 Å². The van der Waals surface area contributed by atoms with Gasteiger partial charge in [0.1, 0.15) is 5.03 Å². The summed E-state index contributed by atoms with van der Waals surface area (Å²) in [5, 5.41) is 8.86. The van der Waals surface area contributed by atoms with Gasteiger partial charge in [-0.2, -0.15) is 0 Å². The Labute approximate surface area is 132 Å². The first-order valence-corrected chi connectivity index (χ1v) is 8.21. The van der Waals surface area contributed by atoms with Crippen LogP contribution < -0.4 is 0 Å². The molecule has 1 N–H and O–H groups in total. The number of rotatable bonds is 12. The Morgan fingerprint density at radius 3 is 2.05 bits per heavy atom. The van der Waals surface area contributed by atoms with Crippen LogP contribution in [0.25, 0.3) is 0 Å². The van der Waals surface area contributed by atoms with Gasteiger partial charge < -0.3 is 9.84 Å². The summed E-state index contributed by atoms with van der Waals surface area (Å²) in [7, 11) is 0. The minimum atomic E-state index is -1.14. The van der Waals surface area contributed by atoms with E-state index in [4.69, 9.17) is 21.4 Å². The predicted molar refractivity (Wildman–Crippen MR) is 84.4 cm³/mol. The third-order valence-electron chi connectivity index (χ3n) is 3.21. The second kappa shape index (κ2) is 12.7. The lowest BCUT2D eigenvalue weighted by Gasteiger charge is -2.07.